The van der Waals surface area contributed by atoms with E-state index < -0.39 is 10.0 Å². The Morgan fingerprint density at radius 3 is 2.40 bits per heavy atom. The molecule has 1 rings (SSSR count). The van der Waals surface area contributed by atoms with Gasteiger partial charge in [-0.2, -0.15) is 0 Å². The number of nitrogens with one attached hydrogen (secondary N) is 2. The molecular weight excluding hydrogens is 278 g/mol. The highest BCUT2D eigenvalue weighted by Crippen LogP contribution is 2.22. The molecule has 0 spiro atoms. The Labute approximate surface area is 119 Å². The van der Waals surface area contributed by atoms with Crippen LogP contribution in [0.2, 0.25) is 0 Å². The predicted molar refractivity (Wildman–Crippen MR) is 78.7 cm³/mol. The van der Waals surface area contributed by atoms with Crippen molar-refractivity contribution < 1.29 is 13.2 Å². The van der Waals surface area contributed by atoms with Crippen molar-refractivity contribution in [2.75, 3.05) is 18.9 Å². The van der Waals surface area contributed by atoms with E-state index in [0.29, 0.717) is 0 Å². The summed E-state index contributed by atoms with van der Waals surface area (Å²) in [6, 6.07) is 6.25. The van der Waals surface area contributed by atoms with Crippen LogP contribution in [0.25, 0.3) is 0 Å². The van der Waals surface area contributed by atoms with Crippen molar-refractivity contribution >= 4 is 21.6 Å². The summed E-state index contributed by atoms with van der Waals surface area (Å²) >= 11 is 0. The zero-order valence-electron chi connectivity index (χ0n) is 11.9. The second kappa shape index (κ2) is 6.83. The molecule has 4 N–H and O–H groups in total. The third kappa shape index (κ3) is 3.78. The molecule has 0 bridgehead atoms. The molecule has 0 aliphatic rings. The smallest absolute Gasteiger partial charge is 0.242 e. The maximum atomic E-state index is 12.1. The fourth-order valence-corrected chi connectivity index (χ4v) is 2.71. The molecule has 0 radical (unpaired) electrons. The van der Waals surface area contributed by atoms with E-state index in [1.165, 1.54) is 13.1 Å². The molecule has 1 unspecified atom stereocenters. The molecule has 20 heavy (non-hydrogen) atoms. The fraction of sp³-hybridized carbons (Fsp3) is 0.462. The number of carbonyl (C=O) groups excluding carboxylic acids is 1. The van der Waals surface area contributed by atoms with Crippen LogP contribution < -0.4 is 15.8 Å². The van der Waals surface area contributed by atoms with E-state index in [9.17, 15) is 13.2 Å². The molecule has 1 atom stereocenters. The summed E-state index contributed by atoms with van der Waals surface area (Å²) in [5.41, 5.74) is 5.84. The average Bonchev–Trinajstić information content (AvgIpc) is 2.39. The van der Waals surface area contributed by atoms with Crippen molar-refractivity contribution in [3.63, 3.8) is 0 Å². The Hall–Kier alpha value is -1.44. The molecule has 1 amide bonds. The summed E-state index contributed by atoms with van der Waals surface area (Å²) in [6.45, 7) is 4.01. The summed E-state index contributed by atoms with van der Waals surface area (Å²) < 4.78 is 26.0. The number of anilines is 1. The van der Waals surface area contributed by atoms with E-state index in [1.807, 2.05) is 13.8 Å². The predicted octanol–water partition coefficient (Wildman–Crippen LogP) is 0.764. The minimum absolute atomic E-state index is 0.0374. The molecule has 6 nitrogen and oxygen atoms in total. The second-order valence-electron chi connectivity index (χ2n) is 4.78. The van der Waals surface area contributed by atoms with E-state index in [2.05, 4.69) is 10.0 Å². The molecule has 1 aromatic rings. The van der Waals surface area contributed by atoms with Crippen molar-refractivity contribution in [1.82, 2.24) is 4.72 Å². The average molecular weight is 299 g/mol. The lowest BCUT2D eigenvalue weighted by atomic mass is 9.95. The zero-order valence-corrected chi connectivity index (χ0v) is 12.7. The van der Waals surface area contributed by atoms with Crippen molar-refractivity contribution in [1.29, 1.82) is 0 Å². The molecule has 1 aromatic carbocycles. The number of hydrogen-bond donors (Lipinski definition) is 3. The molecule has 0 fully saturated rings. The summed E-state index contributed by atoms with van der Waals surface area (Å²) in [4.78, 5) is 12.2. The molecule has 0 aliphatic heterocycles. The lowest BCUT2D eigenvalue weighted by Crippen LogP contribution is -2.33. The van der Waals surface area contributed by atoms with Gasteiger partial charge in [0, 0.05) is 6.54 Å². The largest absolute Gasteiger partial charge is 0.330 e. The lowest BCUT2D eigenvalue weighted by Gasteiger charge is -2.19. The maximum absolute atomic E-state index is 12.1. The van der Waals surface area contributed by atoms with Crippen molar-refractivity contribution in [2.24, 2.45) is 17.6 Å². The summed E-state index contributed by atoms with van der Waals surface area (Å²) in [5, 5.41) is 2.65. The van der Waals surface area contributed by atoms with Crippen molar-refractivity contribution in [2.45, 2.75) is 18.7 Å². The first-order valence-electron chi connectivity index (χ1n) is 6.37. The van der Waals surface area contributed by atoms with Crippen LogP contribution in [0.4, 0.5) is 5.69 Å². The lowest BCUT2D eigenvalue weighted by molar-refractivity contribution is -0.120. The standard InChI is InChI=1S/C13H21N3O3S/c1-9(2)10(8-14)13(17)16-11-6-4-5-7-12(11)20(18,19)15-3/h4-7,9-10,15H,8,14H2,1-3H3,(H,16,17). The number of rotatable bonds is 6. The summed E-state index contributed by atoms with van der Waals surface area (Å²) in [6.07, 6.45) is 0. The zero-order chi connectivity index (χ0) is 15.3. The van der Waals surface area contributed by atoms with Gasteiger partial charge in [-0.3, -0.25) is 4.79 Å². The number of nitrogens with two attached hydrogens (primary N) is 1. The van der Waals surface area contributed by atoms with Crippen LogP contribution in [-0.4, -0.2) is 27.9 Å². The number of para-hydroxylation sites is 1. The highest BCUT2D eigenvalue weighted by molar-refractivity contribution is 7.89. The van der Waals surface area contributed by atoms with Crippen LogP contribution in [0.3, 0.4) is 0 Å². The van der Waals surface area contributed by atoms with E-state index >= 15 is 0 Å². The molecule has 0 saturated heterocycles. The third-order valence-electron chi connectivity index (χ3n) is 3.10. The quantitative estimate of drug-likeness (QED) is 0.722. The first kappa shape index (κ1) is 16.6. The van der Waals surface area contributed by atoms with E-state index in [4.69, 9.17) is 5.73 Å². The Balaban J connectivity index is 3.08. The van der Waals surface area contributed by atoms with Gasteiger partial charge in [0.25, 0.3) is 0 Å². The summed E-state index contributed by atoms with van der Waals surface area (Å²) in [7, 11) is -2.30. The third-order valence-corrected chi connectivity index (χ3v) is 4.57. The Morgan fingerprint density at radius 1 is 1.30 bits per heavy atom. The van der Waals surface area contributed by atoms with Gasteiger partial charge in [0.15, 0.2) is 0 Å². The molecule has 0 heterocycles. The van der Waals surface area contributed by atoms with Gasteiger partial charge in [-0.05, 0) is 25.1 Å². The second-order valence-corrected chi connectivity index (χ2v) is 6.63. The number of hydrogen-bond acceptors (Lipinski definition) is 4. The van der Waals surface area contributed by atoms with Crippen molar-refractivity contribution in [3.8, 4) is 0 Å². The molecule has 0 saturated carbocycles. The SMILES string of the molecule is CNS(=O)(=O)c1ccccc1NC(=O)C(CN)C(C)C. The maximum Gasteiger partial charge on any atom is 0.242 e. The monoisotopic (exact) mass is 299 g/mol. The van der Waals surface area contributed by atoms with Gasteiger partial charge in [-0.25, -0.2) is 13.1 Å². The molecule has 112 valence electrons. The number of carbonyl (C=O) groups is 1. The highest BCUT2D eigenvalue weighted by Gasteiger charge is 2.23. The minimum atomic E-state index is -3.62. The van der Waals surface area contributed by atoms with Crippen LogP contribution >= 0.6 is 0 Å². The Morgan fingerprint density at radius 2 is 1.90 bits per heavy atom. The van der Waals surface area contributed by atoms with E-state index in [0.717, 1.165) is 0 Å². The first-order valence-corrected chi connectivity index (χ1v) is 7.85. The van der Waals surface area contributed by atoms with E-state index in [-0.39, 0.29) is 34.9 Å². The fourth-order valence-electron chi connectivity index (χ4n) is 1.82. The van der Waals surface area contributed by atoms with Gasteiger partial charge in [0.05, 0.1) is 11.6 Å². The van der Waals surface area contributed by atoms with Gasteiger partial charge in [-0.15, -0.1) is 0 Å². The van der Waals surface area contributed by atoms with Gasteiger partial charge >= 0.3 is 0 Å². The number of benzene rings is 1. The topological polar surface area (TPSA) is 101 Å². The van der Waals surface area contributed by atoms with Gasteiger partial charge in [0.2, 0.25) is 15.9 Å². The van der Waals surface area contributed by atoms with Crippen LogP contribution in [0, 0.1) is 11.8 Å². The van der Waals surface area contributed by atoms with Gasteiger partial charge < -0.3 is 11.1 Å². The Bertz CT molecular complexity index is 570. The highest BCUT2D eigenvalue weighted by atomic mass is 32.2. The minimum Gasteiger partial charge on any atom is -0.330 e. The molecule has 0 aliphatic carbocycles. The summed E-state index contributed by atoms with van der Waals surface area (Å²) in [5.74, 6) is -0.560. The normalized spacial score (nSPS) is 13.2. The molecule has 0 aromatic heterocycles. The Kier molecular flexibility index (Phi) is 5.67. The van der Waals surface area contributed by atoms with E-state index in [1.54, 1.807) is 18.2 Å². The van der Waals surface area contributed by atoms with Crippen LogP contribution in [0.1, 0.15) is 13.8 Å². The molecule has 7 heteroatoms. The van der Waals surface area contributed by atoms with Gasteiger partial charge in [-0.1, -0.05) is 26.0 Å². The van der Waals surface area contributed by atoms with Crippen LogP contribution in [0.15, 0.2) is 29.2 Å². The molecular formula is C13H21N3O3S. The number of amides is 1. The van der Waals surface area contributed by atoms with Crippen molar-refractivity contribution in [3.05, 3.63) is 24.3 Å². The first-order chi connectivity index (χ1) is 9.33. The number of sulfonamides is 1. The van der Waals surface area contributed by atoms with Gasteiger partial charge in [0.1, 0.15) is 4.90 Å². The van der Waals surface area contributed by atoms with Crippen LogP contribution in [-0.2, 0) is 14.8 Å². The van der Waals surface area contributed by atoms with Crippen LogP contribution in [0.5, 0.6) is 0 Å².